The van der Waals surface area contributed by atoms with Crippen molar-refractivity contribution < 1.29 is 9.18 Å². The summed E-state index contributed by atoms with van der Waals surface area (Å²) in [6.45, 7) is 2.36. The fraction of sp³-hybridized carbons (Fsp3) is 0.429. The third kappa shape index (κ3) is 4.54. The van der Waals surface area contributed by atoms with Gasteiger partial charge in [-0.1, -0.05) is 25.5 Å². The van der Waals surface area contributed by atoms with Crippen LogP contribution in [0, 0.1) is 23.1 Å². The van der Waals surface area contributed by atoms with Crippen LogP contribution in [0.2, 0.25) is 0 Å². The minimum atomic E-state index is -0.581. The van der Waals surface area contributed by atoms with Gasteiger partial charge in [0.2, 0.25) is 5.91 Å². The number of nitriles is 1. The third-order valence-electron chi connectivity index (χ3n) is 2.65. The Morgan fingerprint density at radius 2 is 2.33 bits per heavy atom. The lowest BCUT2D eigenvalue weighted by molar-refractivity contribution is -0.123. The van der Waals surface area contributed by atoms with E-state index in [0.717, 1.165) is 12.0 Å². The van der Waals surface area contributed by atoms with Crippen molar-refractivity contribution in [2.75, 3.05) is 6.54 Å². The maximum atomic E-state index is 12.9. The topological polar surface area (TPSA) is 52.9 Å². The fourth-order valence-corrected chi connectivity index (χ4v) is 1.69. The number of carbonyl (C=O) groups is 1. The molecular weight excluding hydrogens is 231 g/mol. The summed E-state index contributed by atoms with van der Waals surface area (Å²) in [4.78, 5) is 11.6. The van der Waals surface area contributed by atoms with Crippen molar-refractivity contribution in [1.82, 2.24) is 5.32 Å². The molecule has 0 saturated heterocycles. The van der Waals surface area contributed by atoms with E-state index in [4.69, 9.17) is 5.26 Å². The zero-order valence-corrected chi connectivity index (χ0v) is 10.4. The molecule has 0 heterocycles. The largest absolute Gasteiger partial charge is 0.355 e. The van der Waals surface area contributed by atoms with Gasteiger partial charge in [0.15, 0.2) is 0 Å². The van der Waals surface area contributed by atoms with Gasteiger partial charge in [0.05, 0.1) is 6.07 Å². The van der Waals surface area contributed by atoms with Crippen molar-refractivity contribution in [2.45, 2.75) is 26.2 Å². The molecule has 1 amide bonds. The van der Waals surface area contributed by atoms with Crippen LogP contribution in [-0.2, 0) is 11.2 Å². The van der Waals surface area contributed by atoms with Crippen molar-refractivity contribution >= 4 is 5.91 Å². The highest BCUT2D eigenvalue weighted by Crippen LogP contribution is 2.06. The number of nitrogens with zero attached hydrogens (tertiary/aromatic N) is 1. The fourth-order valence-electron chi connectivity index (χ4n) is 1.69. The Hall–Kier alpha value is -1.89. The summed E-state index contributed by atoms with van der Waals surface area (Å²) in [5.41, 5.74) is 0.833. The standard InChI is InChI=1S/C14H17FN2O/c1-2-4-12(10-16)14(18)17-8-7-11-5-3-6-13(15)9-11/h3,5-6,9,12H,2,4,7-8H2,1H3,(H,17,18). The number of hydrogen-bond donors (Lipinski definition) is 1. The number of rotatable bonds is 6. The van der Waals surface area contributed by atoms with E-state index in [2.05, 4.69) is 5.32 Å². The first-order valence-electron chi connectivity index (χ1n) is 6.09. The normalized spacial score (nSPS) is 11.6. The van der Waals surface area contributed by atoms with Gasteiger partial charge in [-0.25, -0.2) is 4.39 Å². The summed E-state index contributed by atoms with van der Waals surface area (Å²) in [5, 5.41) is 11.5. The minimum absolute atomic E-state index is 0.240. The second-order valence-electron chi connectivity index (χ2n) is 4.14. The highest BCUT2D eigenvalue weighted by molar-refractivity contribution is 5.80. The molecule has 1 rings (SSSR count). The van der Waals surface area contributed by atoms with E-state index in [1.54, 1.807) is 6.07 Å². The van der Waals surface area contributed by atoms with Gasteiger partial charge in [-0.05, 0) is 30.5 Å². The van der Waals surface area contributed by atoms with Gasteiger partial charge in [0.25, 0.3) is 0 Å². The van der Waals surface area contributed by atoms with Crippen LogP contribution in [-0.4, -0.2) is 12.5 Å². The van der Waals surface area contributed by atoms with Gasteiger partial charge in [-0.3, -0.25) is 4.79 Å². The van der Waals surface area contributed by atoms with E-state index in [0.29, 0.717) is 19.4 Å². The molecule has 0 radical (unpaired) electrons. The summed E-state index contributed by atoms with van der Waals surface area (Å²) in [5.74, 6) is -1.10. The molecule has 3 nitrogen and oxygen atoms in total. The summed E-state index contributed by atoms with van der Waals surface area (Å²) in [6, 6.07) is 8.27. The van der Waals surface area contributed by atoms with Gasteiger partial charge >= 0.3 is 0 Å². The Morgan fingerprint density at radius 1 is 1.56 bits per heavy atom. The molecule has 1 unspecified atom stereocenters. The maximum Gasteiger partial charge on any atom is 0.237 e. The molecule has 0 aromatic heterocycles. The van der Waals surface area contributed by atoms with E-state index in [9.17, 15) is 9.18 Å². The quantitative estimate of drug-likeness (QED) is 0.840. The van der Waals surface area contributed by atoms with Crippen molar-refractivity contribution in [3.05, 3.63) is 35.6 Å². The summed E-state index contributed by atoms with van der Waals surface area (Å²) >= 11 is 0. The van der Waals surface area contributed by atoms with E-state index in [1.807, 2.05) is 19.1 Å². The van der Waals surface area contributed by atoms with E-state index in [1.165, 1.54) is 12.1 Å². The molecule has 0 bridgehead atoms. The van der Waals surface area contributed by atoms with Crippen molar-refractivity contribution in [2.24, 2.45) is 5.92 Å². The van der Waals surface area contributed by atoms with Crippen LogP contribution >= 0.6 is 0 Å². The molecule has 0 spiro atoms. The highest BCUT2D eigenvalue weighted by Gasteiger charge is 2.15. The summed E-state index contributed by atoms with van der Waals surface area (Å²) in [7, 11) is 0. The molecule has 0 aliphatic carbocycles. The van der Waals surface area contributed by atoms with Crippen LogP contribution in [0.4, 0.5) is 4.39 Å². The zero-order chi connectivity index (χ0) is 13.4. The Morgan fingerprint density at radius 3 is 2.94 bits per heavy atom. The lowest BCUT2D eigenvalue weighted by Crippen LogP contribution is -2.31. The average Bonchev–Trinajstić information content (AvgIpc) is 2.36. The number of nitrogens with one attached hydrogen (secondary N) is 1. The lowest BCUT2D eigenvalue weighted by atomic mass is 10.0. The summed E-state index contributed by atoms with van der Waals surface area (Å²) in [6.07, 6.45) is 1.94. The van der Waals surface area contributed by atoms with E-state index < -0.39 is 5.92 Å². The minimum Gasteiger partial charge on any atom is -0.355 e. The first kappa shape index (κ1) is 14.2. The molecule has 0 saturated carbocycles. The maximum absolute atomic E-state index is 12.9. The first-order chi connectivity index (χ1) is 8.67. The third-order valence-corrected chi connectivity index (χ3v) is 2.65. The van der Waals surface area contributed by atoms with Crippen LogP contribution in [0.25, 0.3) is 0 Å². The Labute approximate surface area is 107 Å². The summed E-state index contributed by atoms with van der Waals surface area (Å²) < 4.78 is 12.9. The van der Waals surface area contributed by atoms with Gasteiger partial charge < -0.3 is 5.32 Å². The van der Waals surface area contributed by atoms with Crippen LogP contribution in [0.15, 0.2) is 24.3 Å². The van der Waals surface area contributed by atoms with Crippen LogP contribution in [0.1, 0.15) is 25.3 Å². The number of carbonyl (C=O) groups excluding carboxylic acids is 1. The monoisotopic (exact) mass is 248 g/mol. The van der Waals surface area contributed by atoms with Crippen LogP contribution < -0.4 is 5.32 Å². The molecule has 96 valence electrons. The van der Waals surface area contributed by atoms with Crippen LogP contribution in [0.3, 0.4) is 0 Å². The molecule has 4 heteroatoms. The Kier molecular flexibility index (Phi) is 5.86. The predicted octanol–water partition coefficient (Wildman–Crippen LogP) is 2.42. The molecule has 1 N–H and O–H groups in total. The lowest BCUT2D eigenvalue weighted by Gasteiger charge is -2.09. The second kappa shape index (κ2) is 7.44. The van der Waals surface area contributed by atoms with Gasteiger partial charge in [0, 0.05) is 6.54 Å². The average molecular weight is 248 g/mol. The van der Waals surface area contributed by atoms with Crippen LogP contribution in [0.5, 0.6) is 0 Å². The number of halogens is 1. The van der Waals surface area contributed by atoms with Gasteiger partial charge in [-0.2, -0.15) is 5.26 Å². The Balaban J connectivity index is 2.38. The highest BCUT2D eigenvalue weighted by atomic mass is 19.1. The SMILES string of the molecule is CCCC(C#N)C(=O)NCCc1cccc(F)c1. The van der Waals surface area contributed by atoms with Gasteiger partial charge in [-0.15, -0.1) is 0 Å². The second-order valence-corrected chi connectivity index (χ2v) is 4.14. The first-order valence-corrected chi connectivity index (χ1v) is 6.09. The van der Waals surface area contributed by atoms with E-state index in [-0.39, 0.29) is 11.7 Å². The number of benzene rings is 1. The number of amides is 1. The van der Waals surface area contributed by atoms with Crippen molar-refractivity contribution in [3.8, 4) is 6.07 Å². The van der Waals surface area contributed by atoms with Gasteiger partial charge in [0.1, 0.15) is 11.7 Å². The van der Waals surface area contributed by atoms with E-state index >= 15 is 0 Å². The molecule has 0 aliphatic heterocycles. The predicted molar refractivity (Wildman–Crippen MR) is 67.1 cm³/mol. The molecule has 1 atom stereocenters. The molecular formula is C14H17FN2O. The smallest absolute Gasteiger partial charge is 0.237 e. The molecule has 18 heavy (non-hydrogen) atoms. The van der Waals surface area contributed by atoms with Crippen molar-refractivity contribution in [3.63, 3.8) is 0 Å². The molecule has 0 fully saturated rings. The molecule has 0 aliphatic rings. The Bertz CT molecular complexity index is 440. The molecule has 1 aromatic rings. The zero-order valence-electron chi connectivity index (χ0n) is 10.4. The van der Waals surface area contributed by atoms with Crippen molar-refractivity contribution in [1.29, 1.82) is 5.26 Å². The number of hydrogen-bond acceptors (Lipinski definition) is 2. The molecule has 1 aromatic carbocycles.